The first kappa shape index (κ1) is 12.4. The van der Waals surface area contributed by atoms with Crippen molar-refractivity contribution < 1.29 is 14.3 Å². The van der Waals surface area contributed by atoms with Gasteiger partial charge >= 0.3 is 6.09 Å². The minimum absolute atomic E-state index is 0.194. The van der Waals surface area contributed by atoms with Crippen LogP contribution in [0.15, 0.2) is 30.3 Å². The van der Waals surface area contributed by atoms with Crippen LogP contribution < -0.4 is 16.2 Å². The molecule has 6 heteroatoms. The molecule has 0 bridgehead atoms. The van der Waals surface area contributed by atoms with Crippen LogP contribution in [0.3, 0.4) is 0 Å². The molecular weight excluding hydrogens is 234 g/mol. The standard InChI is InChI=1S/C12H15N3O3/c16-11-10(6-7-13-15-11)14-12(17)18-8-9-4-2-1-3-5-9/h1-5,10,13H,6-8H2,(H,14,17)(H,15,16)/t10-/m0/s1. The lowest BCUT2D eigenvalue weighted by molar-refractivity contribution is -0.125. The van der Waals surface area contributed by atoms with E-state index in [1.807, 2.05) is 30.3 Å². The third-order valence-electron chi connectivity index (χ3n) is 2.59. The Morgan fingerprint density at radius 1 is 1.39 bits per heavy atom. The number of hydrazine groups is 1. The van der Waals surface area contributed by atoms with Gasteiger partial charge in [0.2, 0.25) is 0 Å². The normalized spacial score (nSPS) is 18.9. The van der Waals surface area contributed by atoms with E-state index in [0.717, 1.165) is 5.56 Å². The van der Waals surface area contributed by atoms with E-state index in [1.165, 1.54) is 0 Å². The second kappa shape index (κ2) is 6.02. The molecule has 6 nitrogen and oxygen atoms in total. The van der Waals surface area contributed by atoms with Gasteiger partial charge in [0.15, 0.2) is 0 Å². The third-order valence-corrected chi connectivity index (χ3v) is 2.59. The Kier molecular flexibility index (Phi) is 4.14. The molecular formula is C12H15N3O3. The van der Waals surface area contributed by atoms with Gasteiger partial charge in [0.25, 0.3) is 5.91 Å². The van der Waals surface area contributed by atoms with Gasteiger partial charge in [-0.05, 0) is 12.0 Å². The Morgan fingerprint density at radius 2 is 2.17 bits per heavy atom. The average molecular weight is 249 g/mol. The van der Waals surface area contributed by atoms with Crippen LogP contribution in [0, 0.1) is 0 Å². The molecule has 1 aliphatic heterocycles. The molecule has 1 atom stereocenters. The zero-order valence-corrected chi connectivity index (χ0v) is 9.81. The number of rotatable bonds is 3. The predicted molar refractivity (Wildman–Crippen MR) is 64.3 cm³/mol. The Labute approximate surface area is 105 Å². The molecule has 0 spiro atoms. The van der Waals surface area contributed by atoms with E-state index in [0.29, 0.717) is 13.0 Å². The molecule has 1 fully saturated rings. The molecule has 3 N–H and O–H groups in total. The molecule has 1 saturated heterocycles. The number of carbonyl (C=O) groups excluding carboxylic acids is 2. The van der Waals surface area contributed by atoms with Crippen LogP contribution in [-0.2, 0) is 16.1 Å². The van der Waals surface area contributed by atoms with Crippen LogP contribution >= 0.6 is 0 Å². The molecule has 0 unspecified atom stereocenters. The molecule has 1 aromatic rings. The summed E-state index contributed by atoms with van der Waals surface area (Å²) >= 11 is 0. The summed E-state index contributed by atoms with van der Waals surface area (Å²) in [5, 5.41) is 2.53. The van der Waals surface area contributed by atoms with Crippen molar-refractivity contribution >= 4 is 12.0 Å². The van der Waals surface area contributed by atoms with Crippen LogP contribution in [0.5, 0.6) is 0 Å². The Hall–Kier alpha value is -2.08. The molecule has 1 aromatic carbocycles. The van der Waals surface area contributed by atoms with Crippen molar-refractivity contribution in [1.82, 2.24) is 16.2 Å². The number of hydrogen-bond acceptors (Lipinski definition) is 4. The highest BCUT2D eigenvalue weighted by Crippen LogP contribution is 2.01. The van der Waals surface area contributed by atoms with Gasteiger partial charge in [-0.25, -0.2) is 10.2 Å². The number of ether oxygens (including phenoxy) is 1. The minimum Gasteiger partial charge on any atom is -0.445 e. The first-order valence-electron chi connectivity index (χ1n) is 5.75. The van der Waals surface area contributed by atoms with Crippen LogP contribution in [0.4, 0.5) is 4.79 Å². The molecule has 1 heterocycles. The van der Waals surface area contributed by atoms with Gasteiger partial charge in [-0.1, -0.05) is 30.3 Å². The van der Waals surface area contributed by atoms with Crippen molar-refractivity contribution in [3.8, 4) is 0 Å². The molecule has 96 valence electrons. The maximum absolute atomic E-state index is 11.5. The lowest BCUT2D eigenvalue weighted by Crippen LogP contribution is -2.56. The topological polar surface area (TPSA) is 79.5 Å². The SMILES string of the molecule is O=C(N[C@H]1CCNNC1=O)OCc1ccccc1. The number of hydrogen-bond donors (Lipinski definition) is 3. The maximum atomic E-state index is 11.5. The highest BCUT2D eigenvalue weighted by atomic mass is 16.5. The second-order valence-corrected chi connectivity index (χ2v) is 3.96. The lowest BCUT2D eigenvalue weighted by Gasteiger charge is -2.23. The zero-order chi connectivity index (χ0) is 12.8. The molecule has 18 heavy (non-hydrogen) atoms. The number of carbonyl (C=O) groups is 2. The molecule has 0 saturated carbocycles. The summed E-state index contributed by atoms with van der Waals surface area (Å²) in [6, 6.07) is 8.83. The van der Waals surface area contributed by atoms with Crippen molar-refractivity contribution in [2.24, 2.45) is 0 Å². The fourth-order valence-corrected chi connectivity index (χ4v) is 1.63. The van der Waals surface area contributed by atoms with Crippen molar-refractivity contribution in [2.45, 2.75) is 19.1 Å². The Balaban J connectivity index is 1.76. The van der Waals surface area contributed by atoms with E-state index in [9.17, 15) is 9.59 Å². The smallest absolute Gasteiger partial charge is 0.408 e. The summed E-state index contributed by atoms with van der Waals surface area (Å²) in [5.74, 6) is -0.252. The van der Waals surface area contributed by atoms with Gasteiger partial charge in [0, 0.05) is 6.54 Å². The van der Waals surface area contributed by atoms with E-state index >= 15 is 0 Å². The van der Waals surface area contributed by atoms with Crippen molar-refractivity contribution in [1.29, 1.82) is 0 Å². The summed E-state index contributed by atoms with van der Waals surface area (Å²) in [6.07, 6.45) is -0.0346. The van der Waals surface area contributed by atoms with Gasteiger partial charge in [-0.3, -0.25) is 10.2 Å². The summed E-state index contributed by atoms with van der Waals surface area (Å²) in [5.41, 5.74) is 6.06. The van der Waals surface area contributed by atoms with Gasteiger partial charge in [0.05, 0.1) is 0 Å². The average Bonchev–Trinajstić information content (AvgIpc) is 2.40. The van der Waals surface area contributed by atoms with Gasteiger partial charge < -0.3 is 10.1 Å². The van der Waals surface area contributed by atoms with E-state index in [1.54, 1.807) is 0 Å². The van der Waals surface area contributed by atoms with E-state index in [-0.39, 0.29) is 12.5 Å². The monoisotopic (exact) mass is 249 g/mol. The zero-order valence-electron chi connectivity index (χ0n) is 9.81. The maximum Gasteiger partial charge on any atom is 0.408 e. The van der Waals surface area contributed by atoms with E-state index in [4.69, 9.17) is 4.74 Å². The van der Waals surface area contributed by atoms with Gasteiger partial charge in [-0.15, -0.1) is 0 Å². The molecule has 0 aliphatic carbocycles. The van der Waals surface area contributed by atoms with Crippen LogP contribution in [-0.4, -0.2) is 24.6 Å². The van der Waals surface area contributed by atoms with Crippen LogP contribution in [0.25, 0.3) is 0 Å². The summed E-state index contributed by atoms with van der Waals surface area (Å²) in [4.78, 5) is 22.9. The fourth-order valence-electron chi connectivity index (χ4n) is 1.63. The van der Waals surface area contributed by atoms with Crippen molar-refractivity contribution in [3.05, 3.63) is 35.9 Å². The van der Waals surface area contributed by atoms with Crippen LogP contribution in [0.2, 0.25) is 0 Å². The number of benzene rings is 1. The van der Waals surface area contributed by atoms with E-state index in [2.05, 4.69) is 16.2 Å². The molecule has 0 radical (unpaired) electrons. The first-order chi connectivity index (χ1) is 8.75. The number of alkyl carbamates (subject to hydrolysis) is 1. The summed E-state index contributed by atoms with van der Waals surface area (Å²) < 4.78 is 5.03. The summed E-state index contributed by atoms with van der Waals surface area (Å²) in [7, 11) is 0. The summed E-state index contributed by atoms with van der Waals surface area (Å²) in [6.45, 7) is 0.814. The lowest BCUT2D eigenvalue weighted by atomic mass is 10.2. The van der Waals surface area contributed by atoms with E-state index < -0.39 is 12.1 Å². The quantitative estimate of drug-likeness (QED) is 0.720. The molecule has 2 rings (SSSR count). The highest BCUT2D eigenvalue weighted by molar-refractivity contribution is 5.85. The number of amides is 2. The first-order valence-corrected chi connectivity index (χ1v) is 5.75. The van der Waals surface area contributed by atoms with Crippen molar-refractivity contribution in [3.63, 3.8) is 0 Å². The Morgan fingerprint density at radius 3 is 2.89 bits per heavy atom. The fraction of sp³-hybridized carbons (Fsp3) is 0.333. The predicted octanol–water partition coefficient (Wildman–Crippen LogP) is 0.306. The van der Waals surface area contributed by atoms with Gasteiger partial charge in [-0.2, -0.15) is 0 Å². The molecule has 0 aromatic heterocycles. The molecule has 1 aliphatic rings. The second-order valence-electron chi connectivity index (χ2n) is 3.96. The number of nitrogens with one attached hydrogen (secondary N) is 3. The Bertz CT molecular complexity index is 422. The highest BCUT2D eigenvalue weighted by Gasteiger charge is 2.23. The van der Waals surface area contributed by atoms with Gasteiger partial charge in [0.1, 0.15) is 12.6 Å². The largest absolute Gasteiger partial charge is 0.445 e. The van der Waals surface area contributed by atoms with Crippen LogP contribution in [0.1, 0.15) is 12.0 Å². The minimum atomic E-state index is -0.582. The molecule has 2 amide bonds. The van der Waals surface area contributed by atoms with Crippen molar-refractivity contribution in [2.75, 3.05) is 6.54 Å². The third kappa shape index (κ3) is 3.46.